The third-order valence-corrected chi connectivity index (χ3v) is 6.17. The highest BCUT2D eigenvalue weighted by Gasteiger charge is 2.42. The van der Waals surface area contributed by atoms with Crippen molar-refractivity contribution in [3.8, 4) is 11.4 Å². The van der Waals surface area contributed by atoms with Gasteiger partial charge in [0.1, 0.15) is 18.2 Å². The van der Waals surface area contributed by atoms with Crippen LogP contribution in [0.2, 0.25) is 0 Å². The number of imidazole rings is 1. The number of aliphatic hydroxyl groups excluding tert-OH is 1. The zero-order valence-electron chi connectivity index (χ0n) is 19.8. The van der Waals surface area contributed by atoms with Crippen LogP contribution in [0.5, 0.6) is 5.75 Å². The van der Waals surface area contributed by atoms with Crippen LogP contribution in [0.4, 0.5) is 4.39 Å². The predicted molar refractivity (Wildman–Crippen MR) is 129 cm³/mol. The van der Waals surface area contributed by atoms with Crippen molar-refractivity contribution >= 4 is 11.9 Å². The second-order valence-corrected chi connectivity index (χ2v) is 8.63. The lowest BCUT2D eigenvalue weighted by Crippen LogP contribution is -2.52. The first-order chi connectivity index (χ1) is 16.9. The van der Waals surface area contributed by atoms with Crippen LogP contribution in [-0.4, -0.2) is 57.9 Å². The van der Waals surface area contributed by atoms with E-state index in [1.807, 2.05) is 46.9 Å². The number of ether oxygens (including phenoxy) is 2. The van der Waals surface area contributed by atoms with E-state index in [0.29, 0.717) is 30.5 Å². The Morgan fingerprint density at radius 3 is 2.71 bits per heavy atom. The number of hydrogen-bond donors (Lipinski definition) is 1. The largest absolute Gasteiger partial charge is 0.495 e. The van der Waals surface area contributed by atoms with Crippen molar-refractivity contribution in [2.24, 2.45) is 5.16 Å². The predicted octanol–water partition coefficient (Wildman–Crippen LogP) is 3.84. The van der Waals surface area contributed by atoms with E-state index in [9.17, 15) is 9.50 Å². The molecule has 8 nitrogen and oxygen atoms in total. The molecule has 0 bridgehead atoms. The van der Waals surface area contributed by atoms with Gasteiger partial charge in [-0.2, -0.15) is 0 Å². The molecule has 2 aromatic carbocycles. The van der Waals surface area contributed by atoms with Gasteiger partial charge in [-0.05, 0) is 55.3 Å². The van der Waals surface area contributed by atoms with Crippen molar-refractivity contribution in [3.05, 3.63) is 83.4 Å². The van der Waals surface area contributed by atoms with Gasteiger partial charge in [-0.3, -0.25) is 0 Å². The zero-order chi connectivity index (χ0) is 24.5. The van der Waals surface area contributed by atoms with Gasteiger partial charge in [-0.1, -0.05) is 23.4 Å². The summed E-state index contributed by atoms with van der Waals surface area (Å²) < 4.78 is 27.1. The number of methoxy groups -OCH3 is 1. The average molecular weight is 479 g/mol. The van der Waals surface area contributed by atoms with Crippen LogP contribution in [0.3, 0.4) is 0 Å². The SMILES string of the molecule is COc1cc(C=C2OCCN3C2=NOC(C(C)O)C3c2ccc(F)cc2)ccc1-n1cnc(C)c1. The summed E-state index contributed by atoms with van der Waals surface area (Å²) in [5.74, 6) is 1.43. The topological polar surface area (TPSA) is 81.3 Å². The molecule has 182 valence electrons. The Morgan fingerprint density at radius 2 is 2.03 bits per heavy atom. The fraction of sp³-hybridized carbons (Fsp3) is 0.308. The molecule has 35 heavy (non-hydrogen) atoms. The van der Waals surface area contributed by atoms with Crippen molar-refractivity contribution in [2.75, 3.05) is 20.3 Å². The van der Waals surface area contributed by atoms with Crippen LogP contribution in [0.1, 0.15) is 29.8 Å². The van der Waals surface area contributed by atoms with E-state index in [0.717, 1.165) is 22.5 Å². The Hall–Kier alpha value is -3.85. The molecule has 3 heterocycles. The number of nitrogens with zero attached hydrogens (tertiary/aromatic N) is 4. The Balaban J connectivity index is 1.50. The fourth-order valence-electron chi connectivity index (χ4n) is 4.47. The molecule has 5 rings (SSSR count). The fourth-order valence-corrected chi connectivity index (χ4v) is 4.47. The lowest BCUT2D eigenvalue weighted by atomic mass is 9.95. The molecule has 0 spiro atoms. The minimum Gasteiger partial charge on any atom is -0.495 e. The summed E-state index contributed by atoms with van der Waals surface area (Å²) in [4.78, 5) is 12.1. The summed E-state index contributed by atoms with van der Waals surface area (Å²) in [6, 6.07) is 11.7. The molecular weight excluding hydrogens is 451 g/mol. The molecule has 0 saturated carbocycles. The summed E-state index contributed by atoms with van der Waals surface area (Å²) in [6.45, 7) is 4.57. The average Bonchev–Trinajstić information content (AvgIpc) is 3.30. The van der Waals surface area contributed by atoms with Crippen molar-refractivity contribution in [3.63, 3.8) is 0 Å². The lowest BCUT2D eigenvalue weighted by molar-refractivity contribution is -0.0887. The number of aliphatic hydroxyl groups is 1. The summed E-state index contributed by atoms with van der Waals surface area (Å²) in [5.41, 5.74) is 3.47. The summed E-state index contributed by atoms with van der Waals surface area (Å²) >= 11 is 0. The highest BCUT2D eigenvalue weighted by atomic mass is 19.1. The molecule has 0 radical (unpaired) electrons. The first-order valence-corrected chi connectivity index (χ1v) is 11.4. The molecular formula is C26H27FN4O4. The minimum atomic E-state index is -0.783. The maximum atomic E-state index is 13.6. The normalized spacial score (nSPS) is 21.6. The Bertz CT molecular complexity index is 1270. The minimum absolute atomic E-state index is 0.321. The number of aryl methyl sites for hydroxylation is 1. The number of fused-ring (bicyclic) bond motifs is 1. The quantitative estimate of drug-likeness (QED) is 0.600. The number of rotatable bonds is 5. The standard InChI is InChI=1S/C26H27FN4O4/c1-16-14-30(15-28-16)21-9-4-18(12-22(21)33-3)13-23-26-29-35-25(17(2)32)24(31(26)10-11-34-23)19-5-7-20(27)8-6-19/h4-9,12-15,17,24-25,32H,10-11H2,1-3H3. The van der Waals surface area contributed by atoms with Gasteiger partial charge < -0.3 is 28.9 Å². The van der Waals surface area contributed by atoms with E-state index in [-0.39, 0.29) is 11.9 Å². The van der Waals surface area contributed by atoms with Gasteiger partial charge in [0.2, 0.25) is 5.84 Å². The molecule has 2 aliphatic heterocycles. The van der Waals surface area contributed by atoms with Gasteiger partial charge in [0.15, 0.2) is 11.9 Å². The smallest absolute Gasteiger partial charge is 0.211 e. The first-order valence-electron chi connectivity index (χ1n) is 11.4. The molecule has 0 aliphatic carbocycles. The van der Waals surface area contributed by atoms with Gasteiger partial charge in [0.25, 0.3) is 0 Å². The number of aromatic nitrogens is 2. The van der Waals surface area contributed by atoms with Gasteiger partial charge in [-0.15, -0.1) is 0 Å². The van der Waals surface area contributed by atoms with Crippen LogP contribution in [0.25, 0.3) is 11.8 Å². The van der Waals surface area contributed by atoms with Crippen molar-refractivity contribution in [1.29, 1.82) is 0 Å². The van der Waals surface area contributed by atoms with Gasteiger partial charge in [-0.25, -0.2) is 9.37 Å². The number of oxime groups is 1. The molecule has 1 aromatic heterocycles. The molecule has 3 aromatic rings. The Labute approximate surface area is 202 Å². The van der Waals surface area contributed by atoms with E-state index in [4.69, 9.17) is 14.3 Å². The molecule has 1 saturated heterocycles. The van der Waals surface area contributed by atoms with E-state index >= 15 is 0 Å². The molecule has 3 unspecified atom stereocenters. The number of hydrogen-bond acceptors (Lipinski definition) is 7. The highest BCUT2D eigenvalue weighted by molar-refractivity contribution is 6.01. The van der Waals surface area contributed by atoms with Gasteiger partial charge in [0, 0.05) is 6.20 Å². The number of amidine groups is 1. The van der Waals surface area contributed by atoms with E-state index in [2.05, 4.69) is 10.1 Å². The summed E-state index contributed by atoms with van der Waals surface area (Å²) in [6.07, 6.45) is 4.16. The summed E-state index contributed by atoms with van der Waals surface area (Å²) in [5, 5.41) is 14.7. The molecule has 2 aliphatic rings. The van der Waals surface area contributed by atoms with Gasteiger partial charge >= 0.3 is 0 Å². The second kappa shape index (κ2) is 9.42. The Morgan fingerprint density at radius 1 is 1.23 bits per heavy atom. The van der Waals surface area contributed by atoms with Crippen LogP contribution in [0.15, 0.2) is 65.9 Å². The molecule has 1 N–H and O–H groups in total. The molecule has 0 amide bonds. The number of halogens is 1. The van der Waals surface area contributed by atoms with Crippen molar-refractivity contribution in [2.45, 2.75) is 32.1 Å². The van der Waals surface area contributed by atoms with Gasteiger partial charge in [0.05, 0.1) is 43.5 Å². The van der Waals surface area contributed by atoms with Crippen LogP contribution in [0, 0.1) is 12.7 Å². The maximum absolute atomic E-state index is 13.6. The first kappa shape index (κ1) is 22.9. The van der Waals surface area contributed by atoms with Crippen molar-refractivity contribution in [1.82, 2.24) is 14.5 Å². The molecule has 1 fully saturated rings. The Kier molecular flexibility index (Phi) is 6.17. The monoisotopic (exact) mass is 478 g/mol. The second-order valence-electron chi connectivity index (χ2n) is 8.63. The van der Waals surface area contributed by atoms with Crippen molar-refractivity contribution < 1.29 is 23.8 Å². The van der Waals surface area contributed by atoms with Crippen LogP contribution in [-0.2, 0) is 9.57 Å². The molecule has 9 heteroatoms. The number of benzene rings is 2. The van der Waals surface area contributed by atoms with E-state index < -0.39 is 12.2 Å². The zero-order valence-corrected chi connectivity index (χ0v) is 19.8. The number of morpholine rings is 1. The van der Waals surface area contributed by atoms with E-state index in [1.54, 1.807) is 32.5 Å². The van der Waals surface area contributed by atoms with Crippen LogP contribution < -0.4 is 4.74 Å². The van der Waals surface area contributed by atoms with Crippen LogP contribution >= 0.6 is 0 Å². The highest BCUT2D eigenvalue weighted by Crippen LogP contribution is 2.36. The third-order valence-electron chi connectivity index (χ3n) is 6.17. The third kappa shape index (κ3) is 4.46. The molecule has 3 atom stereocenters. The lowest BCUT2D eigenvalue weighted by Gasteiger charge is -2.44. The van der Waals surface area contributed by atoms with E-state index in [1.165, 1.54) is 12.1 Å². The maximum Gasteiger partial charge on any atom is 0.211 e. The summed E-state index contributed by atoms with van der Waals surface area (Å²) in [7, 11) is 1.63.